The van der Waals surface area contributed by atoms with Gasteiger partial charge in [0.2, 0.25) is 0 Å². The Morgan fingerprint density at radius 2 is 1.90 bits per heavy atom. The maximum atomic E-state index is 12.4. The highest BCUT2D eigenvalue weighted by Crippen LogP contribution is 2.54. The Labute approximate surface area is 174 Å². The molecule has 0 spiro atoms. The fraction of sp³-hybridized carbons (Fsp3) is 0.280. The number of carbonyl (C=O) groups is 1. The summed E-state index contributed by atoms with van der Waals surface area (Å²) in [4.78, 5) is 19.0. The predicted molar refractivity (Wildman–Crippen MR) is 118 cm³/mol. The summed E-state index contributed by atoms with van der Waals surface area (Å²) in [7, 11) is 0. The van der Waals surface area contributed by atoms with E-state index in [1.807, 2.05) is 6.07 Å². The van der Waals surface area contributed by atoms with Crippen LogP contribution < -0.4 is 10.2 Å². The van der Waals surface area contributed by atoms with Gasteiger partial charge in [-0.2, -0.15) is 0 Å². The van der Waals surface area contributed by atoms with Crippen molar-refractivity contribution in [3.63, 3.8) is 0 Å². The van der Waals surface area contributed by atoms with Crippen molar-refractivity contribution in [2.24, 2.45) is 17.8 Å². The van der Waals surface area contributed by atoms with Gasteiger partial charge < -0.3 is 14.6 Å². The second-order valence-electron chi connectivity index (χ2n) is 8.46. The van der Waals surface area contributed by atoms with Gasteiger partial charge in [0.25, 0.3) is 5.91 Å². The number of hydrogen-bond acceptors (Lipinski definition) is 4. The number of hydrogen-bond donors (Lipinski definition) is 1. The molecule has 2 atom stereocenters. The van der Waals surface area contributed by atoms with Crippen LogP contribution in [0, 0.1) is 17.8 Å². The third kappa shape index (κ3) is 2.93. The number of nitrogens with one attached hydrogen (secondary N) is 1. The molecule has 4 aromatic rings. The van der Waals surface area contributed by atoms with Crippen LogP contribution in [-0.4, -0.2) is 30.5 Å². The van der Waals surface area contributed by atoms with Crippen molar-refractivity contribution in [1.82, 2.24) is 10.3 Å². The molecule has 2 aromatic carbocycles. The van der Waals surface area contributed by atoms with E-state index in [1.165, 1.54) is 16.5 Å². The zero-order chi connectivity index (χ0) is 20.1. The van der Waals surface area contributed by atoms with Crippen molar-refractivity contribution >= 4 is 33.3 Å². The first-order valence-corrected chi connectivity index (χ1v) is 10.6. The molecule has 6 rings (SSSR count). The molecule has 0 radical (unpaired) electrons. The molecule has 150 valence electrons. The van der Waals surface area contributed by atoms with E-state index in [0.29, 0.717) is 17.9 Å². The van der Waals surface area contributed by atoms with Gasteiger partial charge in [0.15, 0.2) is 11.3 Å². The molecular weight excluding hydrogens is 374 g/mol. The fourth-order valence-corrected chi connectivity index (χ4v) is 5.19. The SMILES string of the molecule is O=C(NCCC1C2CN(c3cccc4ccccc34)CC12)c1cc2ccncc2o1. The average Bonchev–Trinajstić information content (AvgIpc) is 3.14. The lowest BCUT2D eigenvalue weighted by Crippen LogP contribution is -2.27. The van der Waals surface area contributed by atoms with Gasteiger partial charge in [0, 0.05) is 42.3 Å². The molecule has 1 aliphatic heterocycles. The van der Waals surface area contributed by atoms with Crippen LogP contribution in [-0.2, 0) is 0 Å². The van der Waals surface area contributed by atoms with Gasteiger partial charge in [0.05, 0.1) is 6.20 Å². The number of anilines is 1. The molecule has 2 aromatic heterocycles. The number of pyridine rings is 1. The maximum Gasteiger partial charge on any atom is 0.287 e. The molecule has 1 aliphatic carbocycles. The Balaban J connectivity index is 1.04. The van der Waals surface area contributed by atoms with Gasteiger partial charge in [-0.05, 0) is 47.8 Å². The number of carbonyl (C=O) groups excluding carboxylic acids is 1. The van der Waals surface area contributed by atoms with Gasteiger partial charge in [-0.1, -0.05) is 36.4 Å². The van der Waals surface area contributed by atoms with E-state index in [-0.39, 0.29) is 5.91 Å². The number of aromatic nitrogens is 1. The first-order valence-electron chi connectivity index (χ1n) is 10.6. The Kier molecular flexibility index (Phi) is 4.01. The van der Waals surface area contributed by atoms with E-state index in [4.69, 9.17) is 4.42 Å². The molecule has 1 saturated heterocycles. The minimum atomic E-state index is -0.144. The van der Waals surface area contributed by atoms with Crippen LogP contribution in [0.25, 0.3) is 21.7 Å². The minimum absolute atomic E-state index is 0.144. The molecule has 5 heteroatoms. The number of amides is 1. The average molecular weight is 397 g/mol. The van der Waals surface area contributed by atoms with Gasteiger partial charge in [-0.3, -0.25) is 9.78 Å². The predicted octanol–water partition coefficient (Wildman–Crippen LogP) is 4.48. The smallest absolute Gasteiger partial charge is 0.287 e. The molecule has 2 fully saturated rings. The van der Waals surface area contributed by atoms with Gasteiger partial charge >= 0.3 is 0 Å². The van der Waals surface area contributed by atoms with Gasteiger partial charge in [-0.25, -0.2) is 0 Å². The number of nitrogens with zero attached hydrogens (tertiary/aromatic N) is 2. The Morgan fingerprint density at radius 3 is 2.77 bits per heavy atom. The second-order valence-corrected chi connectivity index (χ2v) is 8.46. The van der Waals surface area contributed by atoms with E-state index in [0.717, 1.165) is 42.7 Å². The second kappa shape index (κ2) is 6.87. The third-order valence-corrected chi connectivity index (χ3v) is 6.79. The van der Waals surface area contributed by atoms with Gasteiger partial charge in [0.1, 0.15) is 0 Å². The highest BCUT2D eigenvalue weighted by molar-refractivity contribution is 5.96. The molecule has 1 amide bonds. The van der Waals surface area contributed by atoms with Crippen LogP contribution in [0.3, 0.4) is 0 Å². The summed E-state index contributed by atoms with van der Waals surface area (Å²) >= 11 is 0. The summed E-state index contributed by atoms with van der Waals surface area (Å²) in [6.07, 6.45) is 4.37. The normalized spacial score (nSPS) is 22.4. The van der Waals surface area contributed by atoms with Gasteiger partial charge in [-0.15, -0.1) is 0 Å². The van der Waals surface area contributed by atoms with E-state index in [2.05, 4.69) is 57.7 Å². The zero-order valence-electron chi connectivity index (χ0n) is 16.6. The standard InChI is InChI=1S/C25H23N3O2/c29-25(23-12-17-8-10-26-13-24(17)30-23)27-11-9-19-20-14-28(15-21(19)20)22-7-3-5-16-4-1-2-6-18(16)22/h1-8,10,12-13,19-21H,9,11,14-15H2,(H,27,29). The summed E-state index contributed by atoms with van der Waals surface area (Å²) in [6, 6.07) is 18.8. The van der Waals surface area contributed by atoms with E-state index < -0.39 is 0 Å². The topological polar surface area (TPSA) is 58.4 Å². The quantitative estimate of drug-likeness (QED) is 0.539. The molecule has 1 saturated carbocycles. The van der Waals surface area contributed by atoms with Crippen LogP contribution in [0.2, 0.25) is 0 Å². The number of rotatable bonds is 5. The fourth-order valence-electron chi connectivity index (χ4n) is 5.19. The zero-order valence-corrected chi connectivity index (χ0v) is 16.6. The molecule has 3 heterocycles. The lowest BCUT2D eigenvalue weighted by atomic mass is 10.1. The van der Waals surface area contributed by atoms with Crippen molar-refractivity contribution in [2.75, 3.05) is 24.5 Å². The molecule has 2 unspecified atom stereocenters. The van der Waals surface area contributed by atoms with Crippen molar-refractivity contribution in [3.8, 4) is 0 Å². The largest absolute Gasteiger partial charge is 0.449 e. The van der Waals surface area contributed by atoms with Crippen molar-refractivity contribution in [3.05, 3.63) is 72.8 Å². The minimum Gasteiger partial charge on any atom is -0.449 e. The summed E-state index contributed by atoms with van der Waals surface area (Å²) in [5.74, 6) is 2.43. The summed E-state index contributed by atoms with van der Waals surface area (Å²) in [5, 5.41) is 6.57. The van der Waals surface area contributed by atoms with Crippen molar-refractivity contribution in [2.45, 2.75) is 6.42 Å². The molecule has 2 aliphatic rings. The summed E-state index contributed by atoms with van der Waals surface area (Å²) in [6.45, 7) is 2.93. The number of piperidine rings is 1. The number of benzene rings is 2. The van der Waals surface area contributed by atoms with Crippen LogP contribution in [0.5, 0.6) is 0 Å². The first-order chi connectivity index (χ1) is 14.8. The Bertz CT molecular complexity index is 1200. The van der Waals surface area contributed by atoms with Crippen LogP contribution in [0.1, 0.15) is 17.0 Å². The third-order valence-electron chi connectivity index (χ3n) is 6.79. The monoisotopic (exact) mass is 397 g/mol. The molecule has 1 N–H and O–H groups in total. The summed E-state index contributed by atoms with van der Waals surface area (Å²) in [5.41, 5.74) is 2.00. The maximum absolute atomic E-state index is 12.4. The van der Waals surface area contributed by atoms with E-state index >= 15 is 0 Å². The van der Waals surface area contributed by atoms with E-state index in [1.54, 1.807) is 18.5 Å². The van der Waals surface area contributed by atoms with Crippen molar-refractivity contribution in [1.29, 1.82) is 0 Å². The number of fused-ring (bicyclic) bond motifs is 3. The summed E-state index contributed by atoms with van der Waals surface area (Å²) < 4.78 is 5.59. The van der Waals surface area contributed by atoms with E-state index in [9.17, 15) is 4.79 Å². The van der Waals surface area contributed by atoms with Crippen molar-refractivity contribution < 1.29 is 9.21 Å². The Morgan fingerprint density at radius 1 is 1.07 bits per heavy atom. The highest BCUT2D eigenvalue weighted by Gasteiger charge is 2.55. The molecule has 0 bridgehead atoms. The highest BCUT2D eigenvalue weighted by atomic mass is 16.3. The van der Waals surface area contributed by atoms with Crippen LogP contribution >= 0.6 is 0 Å². The van der Waals surface area contributed by atoms with Crippen LogP contribution in [0.15, 0.2) is 71.4 Å². The first kappa shape index (κ1) is 17.5. The molecule has 30 heavy (non-hydrogen) atoms. The lowest BCUT2D eigenvalue weighted by Gasteiger charge is -2.23. The molecular formula is C25H23N3O2. The van der Waals surface area contributed by atoms with Crippen LogP contribution in [0.4, 0.5) is 5.69 Å². The number of furan rings is 1. The Hall–Kier alpha value is -3.34. The lowest BCUT2D eigenvalue weighted by molar-refractivity contribution is 0.0926. The molecule has 5 nitrogen and oxygen atoms in total.